The molecule has 2 fully saturated rings. The minimum atomic E-state index is 0.0378. The number of hydrogen-bond acceptors (Lipinski definition) is 3. The standard InChI is InChI=1S/C22H31N3O3/c1-17-6-7-20-19(16-17)25(14-15-28-20)22(27)24-12-8-18(9-13-24)21(26)23-10-4-2-3-5-11-23/h6-7,16,18H,2-5,8-15H2,1H3. The summed E-state index contributed by atoms with van der Waals surface area (Å²) < 4.78 is 5.71. The molecule has 6 heteroatoms. The van der Waals surface area contributed by atoms with Crippen LogP contribution in [0.3, 0.4) is 0 Å². The molecule has 3 aliphatic rings. The molecule has 0 N–H and O–H groups in total. The largest absolute Gasteiger partial charge is 0.490 e. The van der Waals surface area contributed by atoms with Gasteiger partial charge in [0, 0.05) is 32.1 Å². The molecular formula is C22H31N3O3. The predicted octanol–water partition coefficient (Wildman–Crippen LogP) is 3.43. The van der Waals surface area contributed by atoms with Crippen LogP contribution in [0.2, 0.25) is 0 Å². The minimum Gasteiger partial charge on any atom is -0.490 e. The van der Waals surface area contributed by atoms with Crippen LogP contribution in [0.4, 0.5) is 10.5 Å². The molecule has 3 aliphatic heterocycles. The summed E-state index contributed by atoms with van der Waals surface area (Å²) in [7, 11) is 0. The Morgan fingerprint density at radius 1 is 0.929 bits per heavy atom. The van der Waals surface area contributed by atoms with Gasteiger partial charge in [-0.05, 0) is 50.3 Å². The van der Waals surface area contributed by atoms with E-state index in [1.807, 2.05) is 34.9 Å². The van der Waals surface area contributed by atoms with Crippen molar-refractivity contribution in [2.45, 2.75) is 45.4 Å². The lowest BCUT2D eigenvalue weighted by atomic mass is 9.95. The maximum atomic E-state index is 13.2. The number of anilines is 1. The van der Waals surface area contributed by atoms with Gasteiger partial charge in [0.15, 0.2) is 0 Å². The highest BCUT2D eigenvalue weighted by atomic mass is 16.5. The number of carbonyl (C=O) groups is 2. The number of piperidine rings is 1. The first-order valence-corrected chi connectivity index (χ1v) is 10.7. The molecule has 0 unspecified atom stereocenters. The molecule has 0 radical (unpaired) electrons. The van der Waals surface area contributed by atoms with Crippen molar-refractivity contribution < 1.29 is 14.3 Å². The number of rotatable bonds is 1. The fourth-order valence-corrected chi connectivity index (χ4v) is 4.56. The molecular weight excluding hydrogens is 354 g/mol. The third-order valence-electron chi connectivity index (χ3n) is 6.24. The Labute approximate surface area is 167 Å². The van der Waals surface area contributed by atoms with E-state index in [9.17, 15) is 9.59 Å². The van der Waals surface area contributed by atoms with Crippen molar-refractivity contribution in [2.24, 2.45) is 5.92 Å². The van der Waals surface area contributed by atoms with Gasteiger partial charge in [-0.1, -0.05) is 18.9 Å². The summed E-state index contributed by atoms with van der Waals surface area (Å²) in [6.07, 6.45) is 6.25. The topological polar surface area (TPSA) is 53.1 Å². The van der Waals surface area contributed by atoms with Crippen molar-refractivity contribution in [3.63, 3.8) is 0 Å². The molecule has 1 aromatic rings. The van der Waals surface area contributed by atoms with Crippen LogP contribution in [0.1, 0.15) is 44.1 Å². The normalized spacial score (nSPS) is 21.0. The van der Waals surface area contributed by atoms with Gasteiger partial charge < -0.3 is 14.5 Å². The summed E-state index contributed by atoms with van der Waals surface area (Å²) in [6, 6.07) is 6.00. The maximum absolute atomic E-state index is 13.2. The van der Waals surface area contributed by atoms with E-state index in [2.05, 4.69) is 4.90 Å². The van der Waals surface area contributed by atoms with Crippen LogP contribution in [0, 0.1) is 12.8 Å². The zero-order valence-electron chi connectivity index (χ0n) is 16.9. The van der Waals surface area contributed by atoms with E-state index in [0.717, 1.165) is 55.8 Å². The van der Waals surface area contributed by atoms with Gasteiger partial charge in [0.1, 0.15) is 12.4 Å². The van der Waals surface area contributed by atoms with Crippen molar-refractivity contribution in [3.05, 3.63) is 23.8 Å². The number of amides is 3. The molecule has 152 valence electrons. The quantitative estimate of drug-likeness (QED) is 0.744. The first-order chi connectivity index (χ1) is 13.6. The first-order valence-electron chi connectivity index (χ1n) is 10.7. The number of likely N-dealkylation sites (tertiary alicyclic amines) is 2. The van der Waals surface area contributed by atoms with Crippen molar-refractivity contribution >= 4 is 17.6 Å². The minimum absolute atomic E-state index is 0.0378. The SMILES string of the molecule is Cc1ccc2c(c1)N(C(=O)N1CCC(C(=O)N3CCCCCC3)CC1)CCO2. The van der Waals surface area contributed by atoms with E-state index in [1.54, 1.807) is 0 Å². The Morgan fingerprint density at radius 3 is 2.36 bits per heavy atom. The lowest BCUT2D eigenvalue weighted by molar-refractivity contribution is -0.136. The fraction of sp³-hybridized carbons (Fsp3) is 0.636. The van der Waals surface area contributed by atoms with Gasteiger partial charge in [0.25, 0.3) is 0 Å². The third-order valence-corrected chi connectivity index (χ3v) is 6.24. The number of benzene rings is 1. The van der Waals surface area contributed by atoms with Gasteiger partial charge in [0.2, 0.25) is 5.91 Å². The Bertz CT molecular complexity index is 720. The molecule has 3 amide bonds. The van der Waals surface area contributed by atoms with Crippen LogP contribution in [0.15, 0.2) is 18.2 Å². The van der Waals surface area contributed by atoms with Crippen molar-refractivity contribution in [2.75, 3.05) is 44.2 Å². The van der Waals surface area contributed by atoms with Gasteiger partial charge in [-0.2, -0.15) is 0 Å². The Balaban J connectivity index is 1.37. The maximum Gasteiger partial charge on any atom is 0.324 e. The van der Waals surface area contributed by atoms with E-state index < -0.39 is 0 Å². The van der Waals surface area contributed by atoms with Crippen LogP contribution < -0.4 is 9.64 Å². The Hall–Kier alpha value is -2.24. The van der Waals surface area contributed by atoms with E-state index in [0.29, 0.717) is 32.1 Å². The summed E-state index contributed by atoms with van der Waals surface area (Å²) in [6.45, 7) is 6.23. The zero-order chi connectivity index (χ0) is 19.5. The zero-order valence-corrected chi connectivity index (χ0v) is 16.9. The number of carbonyl (C=O) groups excluding carboxylic acids is 2. The van der Waals surface area contributed by atoms with E-state index in [4.69, 9.17) is 4.74 Å². The highest BCUT2D eigenvalue weighted by Crippen LogP contribution is 2.33. The van der Waals surface area contributed by atoms with Gasteiger partial charge in [-0.3, -0.25) is 9.69 Å². The summed E-state index contributed by atoms with van der Waals surface area (Å²) in [4.78, 5) is 31.8. The second-order valence-corrected chi connectivity index (χ2v) is 8.25. The fourth-order valence-electron chi connectivity index (χ4n) is 4.56. The summed E-state index contributed by atoms with van der Waals surface area (Å²) in [5, 5.41) is 0. The number of ether oxygens (including phenoxy) is 1. The van der Waals surface area contributed by atoms with Crippen molar-refractivity contribution in [3.8, 4) is 5.75 Å². The third kappa shape index (κ3) is 3.96. The molecule has 4 rings (SSSR count). The summed E-state index contributed by atoms with van der Waals surface area (Å²) >= 11 is 0. The molecule has 1 aromatic carbocycles. The number of aryl methyl sites for hydroxylation is 1. The van der Waals surface area contributed by atoms with Crippen LogP contribution in [0.25, 0.3) is 0 Å². The van der Waals surface area contributed by atoms with Crippen LogP contribution in [-0.4, -0.2) is 61.1 Å². The molecule has 0 saturated carbocycles. The smallest absolute Gasteiger partial charge is 0.324 e. The molecule has 0 aliphatic carbocycles. The Morgan fingerprint density at radius 2 is 1.64 bits per heavy atom. The number of hydrogen-bond donors (Lipinski definition) is 0. The molecule has 2 saturated heterocycles. The average molecular weight is 386 g/mol. The van der Waals surface area contributed by atoms with Crippen LogP contribution in [0.5, 0.6) is 5.75 Å². The molecule has 28 heavy (non-hydrogen) atoms. The number of fused-ring (bicyclic) bond motifs is 1. The summed E-state index contributed by atoms with van der Waals surface area (Å²) in [5.41, 5.74) is 1.97. The monoisotopic (exact) mass is 385 g/mol. The molecule has 6 nitrogen and oxygen atoms in total. The van der Waals surface area contributed by atoms with Crippen LogP contribution >= 0.6 is 0 Å². The van der Waals surface area contributed by atoms with Crippen LogP contribution in [-0.2, 0) is 4.79 Å². The molecule has 0 atom stereocenters. The average Bonchev–Trinajstić information content (AvgIpc) is 3.02. The van der Waals surface area contributed by atoms with E-state index in [-0.39, 0.29) is 11.9 Å². The molecule has 0 spiro atoms. The van der Waals surface area contributed by atoms with Crippen molar-refractivity contribution in [1.82, 2.24) is 9.80 Å². The highest BCUT2D eigenvalue weighted by Gasteiger charge is 2.33. The van der Waals surface area contributed by atoms with Gasteiger partial charge >= 0.3 is 6.03 Å². The van der Waals surface area contributed by atoms with Gasteiger partial charge in [-0.15, -0.1) is 0 Å². The second kappa shape index (κ2) is 8.41. The second-order valence-electron chi connectivity index (χ2n) is 8.25. The lowest BCUT2D eigenvalue weighted by Gasteiger charge is -2.38. The Kier molecular flexibility index (Phi) is 5.74. The summed E-state index contributed by atoms with van der Waals surface area (Å²) in [5.74, 6) is 1.15. The van der Waals surface area contributed by atoms with Gasteiger partial charge in [-0.25, -0.2) is 4.79 Å². The highest BCUT2D eigenvalue weighted by molar-refractivity contribution is 5.94. The van der Waals surface area contributed by atoms with Gasteiger partial charge in [0.05, 0.1) is 12.2 Å². The molecule has 3 heterocycles. The van der Waals surface area contributed by atoms with E-state index in [1.165, 1.54) is 12.8 Å². The molecule has 0 bridgehead atoms. The predicted molar refractivity (Wildman–Crippen MR) is 109 cm³/mol. The number of nitrogens with zero attached hydrogens (tertiary/aromatic N) is 3. The van der Waals surface area contributed by atoms with E-state index >= 15 is 0 Å². The first kappa shape index (κ1) is 19.1. The number of urea groups is 1. The lowest BCUT2D eigenvalue weighted by Crippen LogP contribution is -2.51. The van der Waals surface area contributed by atoms with Crippen molar-refractivity contribution in [1.29, 1.82) is 0 Å². The molecule has 0 aromatic heterocycles.